The summed E-state index contributed by atoms with van der Waals surface area (Å²) in [6.45, 7) is 3.54. The van der Waals surface area contributed by atoms with Crippen LogP contribution in [0.5, 0.6) is 0 Å². The van der Waals surface area contributed by atoms with E-state index in [1.54, 1.807) is 38.1 Å². The molecule has 0 saturated carbocycles. The molecule has 4 amide bonds. The van der Waals surface area contributed by atoms with Crippen molar-refractivity contribution in [1.29, 1.82) is 0 Å². The van der Waals surface area contributed by atoms with E-state index < -0.39 is 42.3 Å². The van der Waals surface area contributed by atoms with Crippen LogP contribution in [0.4, 0.5) is 21.0 Å². The highest BCUT2D eigenvalue weighted by Gasteiger charge is 2.36. The number of benzene rings is 4. The number of urea groups is 2. The summed E-state index contributed by atoms with van der Waals surface area (Å²) in [6, 6.07) is 20.2. The molecule has 232 valence electrons. The molecule has 0 aliphatic carbocycles. The number of hydrogen-bond acceptors (Lipinski definition) is 8. The maximum atomic E-state index is 13.1. The second-order valence-corrected chi connectivity index (χ2v) is 13.4. The van der Waals surface area contributed by atoms with Crippen LogP contribution in [-0.4, -0.2) is 39.1 Å². The van der Waals surface area contributed by atoms with Gasteiger partial charge in [0.05, 0.1) is 11.4 Å². The number of nitrogens with zero attached hydrogens (tertiary/aromatic N) is 2. The Kier molecular flexibility index (Phi) is 9.21. The Morgan fingerprint density at radius 1 is 0.511 bits per heavy atom. The zero-order valence-corrected chi connectivity index (χ0v) is 25.7. The van der Waals surface area contributed by atoms with Crippen molar-refractivity contribution in [3.05, 3.63) is 130 Å². The topological polar surface area (TPSA) is 195 Å². The first kappa shape index (κ1) is 32.6. The summed E-state index contributed by atoms with van der Waals surface area (Å²) in [5, 5.41) is -2.59. The first-order chi connectivity index (χ1) is 21.1. The zero-order chi connectivity index (χ0) is 33.1. The van der Waals surface area contributed by atoms with Crippen molar-refractivity contribution in [3.8, 4) is 0 Å². The van der Waals surface area contributed by atoms with Crippen molar-refractivity contribution in [1.82, 2.24) is 0 Å². The monoisotopic (exact) mass is 648 g/mol. The molecule has 4 aromatic carbocycles. The van der Waals surface area contributed by atoms with Crippen LogP contribution in [0.1, 0.15) is 43.0 Å². The second kappa shape index (κ2) is 12.7. The van der Waals surface area contributed by atoms with Crippen LogP contribution < -0.4 is 20.1 Å². The van der Waals surface area contributed by atoms with Gasteiger partial charge in [0.25, 0.3) is 10.2 Å². The summed E-state index contributed by atoms with van der Waals surface area (Å²) in [5.74, 6) is 0. The van der Waals surface area contributed by atoms with E-state index in [4.69, 9.17) is 11.5 Å². The number of nitrogens with two attached hydrogens (primary N) is 2. The van der Waals surface area contributed by atoms with Gasteiger partial charge in [0.1, 0.15) is 0 Å². The molecule has 45 heavy (non-hydrogen) atoms. The summed E-state index contributed by atoms with van der Waals surface area (Å²) < 4.78 is 52.7. The predicted octanol–water partition coefficient (Wildman–Crippen LogP) is 4.00. The van der Waals surface area contributed by atoms with Gasteiger partial charge in [-0.1, -0.05) is 59.7 Å². The van der Waals surface area contributed by atoms with Gasteiger partial charge in [-0.2, -0.15) is 25.4 Å². The highest BCUT2D eigenvalue weighted by Crippen LogP contribution is 2.25. The Bertz CT molecular complexity index is 1850. The van der Waals surface area contributed by atoms with Gasteiger partial charge in [-0.3, -0.25) is 9.59 Å². The standard InChI is InChI=1S/C31H28N4O8S2/c1-20-3-11-24(12-4-20)28(36)44(40,41)34(30(32)38)26-15-7-22(8-16-26)19-23-9-17-27(18-10-23)35(31(33)39)45(42,43)29(37)25-13-5-21(2)6-14-25/h3-18H,19H2,1-2H3,(H2,32,38)(H2,33,39). The fourth-order valence-electron chi connectivity index (χ4n) is 4.35. The number of aryl methyl sites for hydroxylation is 2. The number of amides is 4. The van der Waals surface area contributed by atoms with Crippen LogP contribution in [0.15, 0.2) is 97.1 Å². The molecule has 0 aromatic heterocycles. The van der Waals surface area contributed by atoms with Gasteiger partial charge in [-0.15, -0.1) is 0 Å². The number of anilines is 2. The lowest BCUT2D eigenvalue weighted by atomic mass is 10.0. The third-order valence-electron chi connectivity index (χ3n) is 6.67. The van der Waals surface area contributed by atoms with Gasteiger partial charge >= 0.3 is 32.1 Å². The van der Waals surface area contributed by atoms with E-state index in [0.717, 1.165) is 11.1 Å². The molecule has 0 aliphatic heterocycles. The van der Waals surface area contributed by atoms with Crippen molar-refractivity contribution < 1.29 is 36.0 Å². The molecule has 0 spiro atoms. The van der Waals surface area contributed by atoms with Gasteiger partial charge in [0.2, 0.25) is 0 Å². The Morgan fingerprint density at radius 3 is 1.07 bits per heavy atom. The van der Waals surface area contributed by atoms with Crippen LogP contribution >= 0.6 is 0 Å². The molecule has 0 unspecified atom stereocenters. The molecule has 0 fully saturated rings. The summed E-state index contributed by atoms with van der Waals surface area (Å²) in [5.41, 5.74) is 13.1. The van der Waals surface area contributed by atoms with Crippen LogP contribution in [0.25, 0.3) is 0 Å². The van der Waals surface area contributed by atoms with E-state index in [2.05, 4.69) is 0 Å². The number of hydrogen-bond donors (Lipinski definition) is 2. The van der Waals surface area contributed by atoms with E-state index in [0.29, 0.717) is 11.1 Å². The summed E-state index contributed by atoms with van der Waals surface area (Å²) >= 11 is 0. The molecule has 0 radical (unpaired) electrons. The molecule has 0 heterocycles. The van der Waals surface area contributed by atoms with Crippen LogP contribution in [0, 0.1) is 13.8 Å². The van der Waals surface area contributed by atoms with E-state index in [9.17, 15) is 36.0 Å². The number of rotatable bonds is 6. The first-order valence-corrected chi connectivity index (χ1v) is 16.1. The van der Waals surface area contributed by atoms with Crippen molar-refractivity contribution in [2.45, 2.75) is 20.3 Å². The van der Waals surface area contributed by atoms with Crippen molar-refractivity contribution in [2.24, 2.45) is 11.5 Å². The molecule has 4 aromatic rings. The van der Waals surface area contributed by atoms with Crippen molar-refractivity contribution in [3.63, 3.8) is 0 Å². The second-order valence-electron chi connectivity index (χ2n) is 10.0. The number of carbonyl (C=O) groups is 4. The Labute approximate surface area is 260 Å². The van der Waals surface area contributed by atoms with Crippen molar-refractivity contribution >= 4 is 53.7 Å². The molecular formula is C31H28N4O8S2. The Balaban J connectivity index is 1.54. The van der Waals surface area contributed by atoms with E-state index in [-0.39, 0.29) is 37.5 Å². The molecule has 4 rings (SSSR count). The Morgan fingerprint density at radius 2 is 0.800 bits per heavy atom. The molecule has 0 aliphatic rings. The maximum absolute atomic E-state index is 13.1. The molecule has 0 bridgehead atoms. The van der Waals surface area contributed by atoms with Crippen LogP contribution in [-0.2, 0) is 26.5 Å². The quantitative estimate of drug-likeness (QED) is 0.313. The van der Waals surface area contributed by atoms with Gasteiger partial charge in [0.15, 0.2) is 0 Å². The lowest BCUT2D eigenvalue weighted by Gasteiger charge is -2.20. The van der Waals surface area contributed by atoms with Gasteiger partial charge in [-0.25, -0.2) is 9.59 Å². The van der Waals surface area contributed by atoms with E-state index in [1.165, 1.54) is 72.8 Å². The minimum atomic E-state index is -4.84. The molecule has 12 nitrogen and oxygen atoms in total. The van der Waals surface area contributed by atoms with E-state index in [1.807, 2.05) is 0 Å². The average Bonchev–Trinajstić information content (AvgIpc) is 2.98. The highest BCUT2D eigenvalue weighted by atomic mass is 32.2. The maximum Gasteiger partial charge on any atom is 0.333 e. The summed E-state index contributed by atoms with van der Waals surface area (Å²) in [4.78, 5) is 49.9. The smallest absolute Gasteiger partial charge is 0.333 e. The predicted molar refractivity (Wildman–Crippen MR) is 169 cm³/mol. The van der Waals surface area contributed by atoms with Crippen LogP contribution in [0.2, 0.25) is 0 Å². The fraction of sp³-hybridized carbons (Fsp3) is 0.0968. The van der Waals surface area contributed by atoms with Gasteiger partial charge in [0, 0.05) is 11.1 Å². The van der Waals surface area contributed by atoms with Crippen molar-refractivity contribution in [2.75, 3.05) is 8.61 Å². The largest absolute Gasteiger partial charge is 0.350 e. The molecule has 0 saturated heterocycles. The highest BCUT2D eigenvalue weighted by molar-refractivity contribution is 8.08. The van der Waals surface area contributed by atoms with E-state index >= 15 is 0 Å². The summed E-state index contributed by atoms with van der Waals surface area (Å²) in [7, 11) is -9.69. The Hall–Kier alpha value is -5.34. The number of sulfonamides is 2. The average molecular weight is 649 g/mol. The zero-order valence-electron chi connectivity index (χ0n) is 24.1. The lowest BCUT2D eigenvalue weighted by Crippen LogP contribution is -2.44. The first-order valence-electron chi connectivity index (χ1n) is 13.2. The molecule has 14 heteroatoms. The minimum Gasteiger partial charge on any atom is -0.350 e. The third-order valence-corrected chi connectivity index (χ3v) is 9.83. The lowest BCUT2D eigenvalue weighted by molar-refractivity contribution is 0.106. The fourth-order valence-corrected chi connectivity index (χ4v) is 6.82. The normalized spacial score (nSPS) is 11.4. The molecular weight excluding hydrogens is 620 g/mol. The van der Waals surface area contributed by atoms with Gasteiger partial charge in [-0.05, 0) is 79.9 Å². The van der Waals surface area contributed by atoms with Gasteiger partial charge < -0.3 is 11.5 Å². The SMILES string of the molecule is Cc1ccc(C(=O)S(=O)(=O)N(C(N)=O)c2ccc(Cc3ccc(N(C(N)=O)S(=O)(=O)C(=O)c4ccc(C)cc4)cc3)cc2)cc1. The molecule has 0 atom stereocenters. The number of primary amides is 2. The molecule has 4 N–H and O–H groups in total. The number of carbonyl (C=O) groups excluding carboxylic acids is 4. The minimum absolute atomic E-state index is 0.130. The van der Waals surface area contributed by atoms with Crippen LogP contribution in [0.3, 0.4) is 0 Å². The third kappa shape index (κ3) is 6.92. The summed E-state index contributed by atoms with van der Waals surface area (Å²) in [6.07, 6.45) is 0.262.